The van der Waals surface area contributed by atoms with Crippen LogP contribution in [0.15, 0.2) is 60.2 Å². The first-order valence-electron chi connectivity index (χ1n) is 8.82. The molecule has 0 N–H and O–H groups in total. The van der Waals surface area contributed by atoms with Gasteiger partial charge in [0.15, 0.2) is 0 Å². The summed E-state index contributed by atoms with van der Waals surface area (Å²) in [5, 5.41) is 0.524. The quantitative estimate of drug-likeness (QED) is 0.568. The number of nitrogens with zero attached hydrogens (tertiary/aromatic N) is 2. The number of methoxy groups -OCH3 is 2. The number of hydrogen-bond acceptors (Lipinski definition) is 5. The third kappa shape index (κ3) is 3.03. The summed E-state index contributed by atoms with van der Waals surface area (Å²) in [6.45, 7) is 0. The number of amides is 3. The second-order valence-corrected chi connectivity index (χ2v) is 7.01. The first kappa shape index (κ1) is 19.0. The molecule has 4 rings (SSSR count). The summed E-state index contributed by atoms with van der Waals surface area (Å²) in [5.74, 6) is -0.408. The minimum absolute atomic E-state index is 0.246. The number of esters is 1. The Labute approximate surface area is 172 Å². The number of halogens is 1. The average Bonchev–Trinajstić information content (AvgIpc) is 3.24. The monoisotopic (exact) mass is 412 g/mol. The molecule has 0 aliphatic carbocycles. The van der Waals surface area contributed by atoms with Crippen LogP contribution in [0.2, 0.25) is 5.02 Å². The van der Waals surface area contributed by atoms with E-state index in [0.29, 0.717) is 22.0 Å². The van der Waals surface area contributed by atoms with E-state index < -0.39 is 30.0 Å². The van der Waals surface area contributed by atoms with Gasteiger partial charge in [-0.2, -0.15) is 0 Å². The van der Waals surface area contributed by atoms with E-state index in [2.05, 4.69) is 0 Å². The summed E-state index contributed by atoms with van der Waals surface area (Å²) in [7, 11) is 2.80. The maximum Gasteiger partial charge on any atom is 0.335 e. The highest BCUT2D eigenvalue weighted by molar-refractivity contribution is 6.30. The fourth-order valence-electron chi connectivity index (χ4n) is 3.67. The number of hydrogen-bond donors (Lipinski definition) is 0. The summed E-state index contributed by atoms with van der Waals surface area (Å²) in [6, 6.07) is 11.3. The van der Waals surface area contributed by atoms with Crippen LogP contribution in [-0.4, -0.2) is 43.1 Å². The van der Waals surface area contributed by atoms with Crippen molar-refractivity contribution >= 4 is 35.2 Å². The minimum Gasteiger partial charge on any atom is -0.497 e. The Morgan fingerprint density at radius 3 is 2.24 bits per heavy atom. The largest absolute Gasteiger partial charge is 0.497 e. The summed E-state index contributed by atoms with van der Waals surface area (Å²) >= 11 is 5.98. The first-order valence-corrected chi connectivity index (χ1v) is 9.20. The van der Waals surface area contributed by atoms with Gasteiger partial charge in [-0.25, -0.2) is 14.5 Å². The molecule has 8 heteroatoms. The smallest absolute Gasteiger partial charge is 0.335 e. The second-order valence-electron chi connectivity index (χ2n) is 6.57. The van der Waals surface area contributed by atoms with Crippen molar-refractivity contribution in [2.45, 2.75) is 12.1 Å². The van der Waals surface area contributed by atoms with Crippen molar-refractivity contribution in [2.75, 3.05) is 19.1 Å². The molecule has 2 aliphatic rings. The van der Waals surface area contributed by atoms with E-state index in [-0.39, 0.29) is 5.57 Å². The predicted molar refractivity (Wildman–Crippen MR) is 106 cm³/mol. The van der Waals surface area contributed by atoms with Gasteiger partial charge in [-0.1, -0.05) is 23.7 Å². The average molecular weight is 413 g/mol. The Morgan fingerprint density at radius 1 is 1.00 bits per heavy atom. The maximum absolute atomic E-state index is 13.2. The summed E-state index contributed by atoms with van der Waals surface area (Å²) in [5.41, 5.74) is 1.33. The van der Waals surface area contributed by atoms with Crippen LogP contribution in [0.3, 0.4) is 0 Å². The highest BCUT2D eigenvalue weighted by Gasteiger charge is 2.54. The molecule has 2 atom stereocenters. The lowest BCUT2D eigenvalue weighted by atomic mass is 10.00. The number of anilines is 1. The van der Waals surface area contributed by atoms with Gasteiger partial charge in [0.25, 0.3) is 5.91 Å². The number of fused-ring (bicyclic) bond motifs is 1. The maximum atomic E-state index is 13.2. The Hall–Kier alpha value is -3.32. The number of carbonyl (C=O) groups excluding carboxylic acids is 3. The molecule has 0 bridgehead atoms. The van der Waals surface area contributed by atoms with Gasteiger partial charge in [-0.15, -0.1) is 0 Å². The van der Waals surface area contributed by atoms with Gasteiger partial charge < -0.3 is 9.47 Å². The van der Waals surface area contributed by atoms with Crippen molar-refractivity contribution in [3.63, 3.8) is 0 Å². The lowest BCUT2D eigenvalue weighted by Crippen LogP contribution is -2.36. The van der Waals surface area contributed by atoms with Crippen molar-refractivity contribution in [1.29, 1.82) is 0 Å². The highest BCUT2D eigenvalue weighted by atomic mass is 35.5. The molecule has 3 amide bonds. The van der Waals surface area contributed by atoms with E-state index in [9.17, 15) is 14.4 Å². The highest BCUT2D eigenvalue weighted by Crippen LogP contribution is 2.43. The van der Waals surface area contributed by atoms with E-state index in [1.165, 1.54) is 25.2 Å². The standard InChI is InChI=1S/C21H17ClN2O5/c1-28-15-9-7-14(8-10-15)23-19(25)17-11-16(20(26)29-2)18(24(17)21(23)27)12-3-5-13(22)6-4-12/h3-11,17-18H,1-2H3/t17-,18+/m0/s1. The van der Waals surface area contributed by atoms with Crippen LogP contribution in [0.4, 0.5) is 10.5 Å². The van der Waals surface area contributed by atoms with Crippen LogP contribution in [-0.2, 0) is 14.3 Å². The molecule has 2 aromatic rings. The molecule has 0 saturated carbocycles. The van der Waals surface area contributed by atoms with Crippen molar-refractivity contribution in [3.8, 4) is 5.75 Å². The van der Waals surface area contributed by atoms with E-state index in [0.717, 1.165) is 4.90 Å². The Morgan fingerprint density at radius 2 is 1.66 bits per heavy atom. The number of imide groups is 1. The van der Waals surface area contributed by atoms with Gasteiger partial charge in [-0.05, 0) is 48.0 Å². The third-order valence-electron chi connectivity index (χ3n) is 5.03. The summed E-state index contributed by atoms with van der Waals surface area (Å²) in [6.07, 6.45) is 1.49. The Kier molecular flexibility index (Phi) is 4.76. The van der Waals surface area contributed by atoms with Crippen molar-refractivity contribution in [3.05, 3.63) is 70.8 Å². The van der Waals surface area contributed by atoms with Crippen molar-refractivity contribution in [2.24, 2.45) is 0 Å². The minimum atomic E-state index is -0.889. The SMILES string of the molecule is COC(=O)C1=C[C@H]2C(=O)N(c3ccc(OC)cc3)C(=O)N2[C@@H]1c1ccc(Cl)cc1. The second kappa shape index (κ2) is 7.25. The molecule has 0 radical (unpaired) electrons. The van der Waals surface area contributed by atoms with Gasteiger partial charge in [0, 0.05) is 5.02 Å². The van der Waals surface area contributed by atoms with Gasteiger partial charge in [0.05, 0.1) is 31.5 Å². The fraction of sp³-hybridized carbons (Fsp3) is 0.190. The van der Waals surface area contributed by atoms with E-state index in [1.807, 2.05) is 0 Å². The molecule has 1 fully saturated rings. The molecule has 2 aromatic carbocycles. The normalized spacial score (nSPS) is 20.6. The molecule has 0 unspecified atom stereocenters. The molecule has 148 valence electrons. The molecule has 0 aromatic heterocycles. The number of urea groups is 1. The Bertz CT molecular complexity index is 1020. The number of rotatable bonds is 4. The summed E-state index contributed by atoms with van der Waals surface area (Å²) in [4.78, 5) is 41.1. The van der Waals surface area contributed by atoms with Crippen molar-refractivity contribution < 1.29 is 23.9 Å². The van der Waals surface area contributed by atoms with Crippen LogP contribution in [0.5, 0.6) is 5.75 Å². The number of carbonyl (C=O) groups is 3. The van der Waals surface area contributed by atoms with Crippen LogP contribution in [0.25, 0.3) is 0 Å². The van der Waals surface area contributed by atoms with E-state index >= 15 is 0 Å². The zero-order valence-corrected chi connectivity index (χ0v) is 16.4. The fourth-order valence-corrected chi connectivity index (χ4v) is 3.79. The molecular weight excluding hydrogens is 396 g/mol. The van der Waals surface area contributed by atoms with Crippen LogP contribution >= 0.6 is 11.6 Å². The third-order valence-corrected chi connectivity index (χ3v) is 5.28. The van der Waals surface area contributed by atoms with Gasteiger partial charge in [0.2, 0.25) is 0 Å². The number of benzene rings is 2. The summed E-state index contributed by atoms with van der Waals surface area (Å²) < 4.78 is 10.00. The first-order chi connectivity index (χ1) is 14.0. The van der Waals surface area contributed by atoms with Gasteiger partial charge in [-0.3, -0.25) is 9.69 Å². The topological polar surface area (TPSA) is 76.1 Å². The van der Waals surface area contributed by atoms with Crippen LogP contribution in [0.1, 0.15) is 11.6 Å². The van der Waals surface area contributed by atoms with Crippen molar-refractivity contribution in [1.82, 2.24) is 4.90 Å². The van der Waals surface area contributed by atoms with E-state index in [4.69, 9.17) is 21.1 Å². The molecular formula is C21H17ClN2O5. The zero-order chi connectivity index (χ0) is 20.7. The molecule has 0 spiro atoms. The lowest BCUT2D eigenvalue weighted by Gasteiger charge is -2.26. The molecule has 29 heavy (non-hydrogen) atoms. The molecule has 7 nitrogen and oxygen atoms in total. The zero-order valence-electron chi connectivity index (χ0n) is 15.7. The molecule has 2 aliphatic heterocycles. The number of ether oxygens (including phenoxy) is 2. The van der Waals surface area contributed by atoms with Crippen LogP contribution < -0.4 is 9.64 Å². The van der Waals surface area contributed by atoms with Crippen LogP contribution in [0, 0.1) is 0 Å². The lowest BCUT2D eigenvalue weighted by molar-refractivity contribution is -0.136. The molecule has 1 saturated heterocycles. The Balaban J connectivity index is 1.76. The van der Waals surface area contributed by atoms with E-state index in [1.54, 1.807) is 48.5 Å². The predicted octanol–water partition coefficient (Wildman–Crippen LogP) is 3.34. The van der Waals surface area contributed by atoms with Gasteiger partial charge >= 0.3 is 12.0 Å². The molecule has 2 heterocycles. The van der Waals surface area contributed by atoms with Gasteiger partial charge in [0.1, 0.15) is 11.8 Å².